The highest BCUT2D eigenvalue weighted by Crippen LogP contribution is 2.48. The SMILES string of the molecule is CC(=O)C1(c2cc3ccccc3s2)CCC1. The average Bonchev–Trinajstić information content (AvgIpc) is 2.58. The predicted molar refractivity (Wildman–Crippen MR) is 68.0 cm³/mol. The number of Topliss-reactive ketones (excluding diaryl/α,β-unsaturated/α-hetero) is 1. The van der Waals surface area contributed by atoms with Gasteiger partial charge in [-0.05, 0) is 37.3 Å². The monoisotopic (exact) mass is 230 g/mol. The van der Waals surface area contributed by atoms with Gasteiger partial charge in [-0.3, -0.25) is 4.79 Å². The number of hydrogen-bond acceptors (Lipinski definition) is 2. The highest BCUT2D eigenvalue weighted by Gasteiger charge is 2.44. The number of fused-ring (bicyclic) bond motifs is 1. The third-order valence-corrected chi connectivity index (χ3v) is 5.10. The van der Waals surface area contributed by atoms with Crippen molar-refractivity contribution in [3.05, 3.63) is 35.2 Å². The van der Waals surface area contributed by atoms with Gasteiger partial charge in [0.1, 0.15) is 5.78 Å². The van der Waals surface area contributed by atoms with E-state index in [0.29, 0.717) is 5.78 Å². The first kappa shape index (κ1) is 10.0. The van der Waals surface area contributed by atoms with Crippen molar-refractivity contribution in [1.82, 2.24) is 0 Å². The van der Waals surface area contributed by atoms with Crippen LogP contribution in [-0.4, -0.2) is 5.78 Å². The maximum Gasteiger partial charge on any atom is 0.141 e. The molecule has 0 atom stereocenters. The Morgan fingerprint density at radius 2 is 2.06 bits per heavy atom. The van der Waals surface area contributed by atoms with Crippen LogP contribution in [0.2, 0.25) is 0 Å². The average molecular weight is 230 g/mol. The summed E-state index contributed by atoms with van der Waals surface area (Å²) in [6.45, 7) is 1.74. The van der Waals surface area contributed by atoms with E-state index in [0.717, 1.165) is 12.8 Å². The predicted octanol–water partition coefficient (Wildman–Crippen LogP) is 3.91. The first-order chi connectivity index (χ1) is 7.72. The molecule has 1 nitrogen and oxygen atoms in total. The van der Waals surface area contributed by atoms with E-state index in [2.05, 4.69) is 30.3 Å². The second kappa shape index (κ2) is 3.42. The van der Waals surface area contributed by atoms with Crippen molar-refractivity contribution in [1.29, 1.82) is 0 Å². The van der Waals surface area contributed by atoms with Crippen LogP contribution in [0.5, 0.6) is 0 Å². The molecule has 1 aromatic heterocycles. The minimum atomic E-state index is -0.135. The normalized spacial score (nSPS) is 18.3. The molecule has 82 valence electrons. The summed E-state index contributed by atoms with van der Waals surface area (Å²) in [5.74, 6) is 0.338. The van der Waals surface area contributed by atoms with Crippen LogP contribution in [0.3, 0.4) is 0 Å². The Morgan fingerprint density at radius 1 is 1.31 bits per heavy atom. The Bertz CT molecular complexity index is 516. The smallest absolute Gasteiger partial charge is 0.141 e. The fourth-order valence-electron chi connectivity index (χ4n) is 2.52. The first-order valence-electron chi connectivity index (χ1n) is 5.72. The van der Waals surface area contributed by atoms with Crippen LogP contribution in [0.25, 0.3) is 10.1 Å². The highest BCUT2D eigenvalue weighted by molar-refractivity contribution is 7.19. The molecule has 0 unspecified atom stereocenters. The van der Waals surface area contributed by atoms with Crippen molar-refractivity contribution in [3.8, 4) is 0 Å². The molecule has 0 saturated heterocycles. The van der Waals surface area contributed by atoms with Gasteiger partial charge >= 0.3 is 0 Å². The molecular formula is C14H14OS. The van der Waals surface area contributed by atoms with Gasteiger partial charge < -0.3 is 0 Å². The molecule has 0 amide bonds. The number of thiophene rings is 1. The first-order valence-corrected chi connectivity index (χ1v) is 6.54. The lowest BCUT2D eigenvalue weighted by molar-refractivity contribution is -0.125. The van der Waals surface area contributed by atoms with Crippen molar-refractivity contribution in [3.63, 3.8) is 0 Å². The van der Waals surface area contributed by atoms with Crippen molar-refractivity contribution in [2.75, 3.05) is 0 Å². The van der Waals surface area contributed by atoms with Gasteiger partial charge in [0.2, 0.25) is 0 Å². The van der Waals surface area contributed by atoms with Crippen LogP contribution in [0.4, 0.5) is 0 Å². The summed E-state index contributed by atoms with van der Waals surface area (Å²) in [4.78, 5) is 13.1. The summed E-state index contributed by atoms with van der Waals surface area (Å²) in [6.07, 6.45) is 3.26. The third-order valence-electron chi connectivity index (χ3n) is 3.78. The van der Waals surface area contributed by atoms with Crippen LogP contribution in [0, 0.1) is 0 Å². The van der Waals surface area contributed by atoms with Crippen molar-refractivity contribution < 1.29 is 4.79 Å². The Hall–Kier alpha value is -1.15. The van der Waals surface area contributed by atoms with Crippen LogP contribution < -0.4 is 0 Å². The van der Waals surface area contributed by atoms with Gasteiger partial charge in [-0.2, -0.15) is 0 Å². The fraction of sp³-hybridized carbons (Fsp3) is 0.357. The Kier molecular flexibility index (Phi) is 2.15. The molecule has 0 N–H and O–H groups in total. The molecule has 2 aromatic rings. The van der Waals surface area contributed by atoms with Gasteiger partial charge in [-0.15, -0.1) is 11.3 Å². The molecule has 0 radical (unpaired) electrons. The van der Waals surface area contributed by atoms with Crippen molar-refractivity contribution in [2.45, 2.75) is 31.6 Å². The lowest BCUT2D eigenvalue weighted by Gasteiger charge is -2.38. The molecule has 1 fully saturated rings. The van der Waals surface area contributed by atoms with Gasteiger partial charge in [0.15, 0.2) is 0 Å². The molecule has 0 aliphatic heterocycles. The largest absolute Gasteiger partial charge is 0.299 e. The lowest BCUT2D eigenvalue weighted by Crippen LogP contribution is -2.40. The van der Waals surface area contributed by atoms with E-state index >= 15 is 0 Å². The highest BCUT2D eigenvalue weighted by atomic mass is 32.1. The van der Waals surface area contributed by atoms with E-state index < -0.39 is 0 Å². The van der Waals surface area contributed by atoms with Crippen molar-refractivity contribution in [2.24, 2.45) is 0 Å². The van der Waals surface area contributed by atoms with E-state index in [1.165, 1.54) is 21.4 Å². The van der Waals surface area contributed by atoms with Crippen LogP contribution in [0.1, 0.15) is 31.1 Å². The van der Waals surface area contributed by atoms with E-state index in [4.69, 9.17) is 0 Å². The lowest BCUT2D eigenvalue weighted by atomic mass is 9.65. The summed E-state index contributed by atoms with van der Waals surface area (Å²) in [7, 11) is 0. The third kappa shape index (κ3) is 1.26. The topological polar surface area (TPSA) is 17.1 Å². The molecule has 1 aliphatic carbocycles. The maximum atomic E-state index is 11.8. The van der Waals surface area contributed by atoms with E-state index in [1.54, 1.807) is 18.3 Å². The second-order valence-electron chi connectivity index (χ2n) is 4.64. The molecule has 1 aromatic carbocycles. The molecule has 0 spiro atoms. The molecular weight excluding hydrogens is 216 g/mol. The number of carbonyl (C=O) groups is 1. The zero-order chi connectivity index (χ0) is 11.2. The number of hydrogen-bond donors (Lipinski definition) is 0. The quantitative estimate of drug-likeness (QED) is 0.764. The molecule has 2 heteroatoms. The van der Waals surface area contributed by atoms with E-state index in [9.17, 15) is 4.79 Å². The number of rotatable bonds is 2. The molecule has 16 heavy (non-hydrogen) atoms. The van der Waals surface area contributed by atoms with Gasteiger partial charge in [0.25, 0.3) is 0 Å². The standard InChI is InChI=1S/C14H14OS/c1-10(15)14(7-4-8-14)13-9-11-5-2-3-6-12(11)16-13/h2-3,5-6,9H,4,7-8H2,1H3. The second-order valence-corrected chi connectivity index (χ2v) is 5.72. The van der Waals surface area contributed by atoms with Crippen LogP contribution >= 0.6 is 11.3 Å². The summed E-state index contributed by atoms with van der Waals surface area (Å²) in [6, 6.07) is 10.6. The summed E-state index contributed by atoms with van der Waals surface area (Å²) < 4.78 is 1.30. The number of carbonyl (C=O) groups excluding carboxylic acids is 1. The number of ketones is 1. The molecule has 3 rings (SSSR count). The van der Waals surface area contributed by atoms with Gasteiger partial charge in [-0.25, -0.2) is 0 Å². The zero-order valence-corrected chi connectivity index (χ0v) is 10.1. The van der Waals surface area contributed by atoms with Gasteiger partial charge in [0, 0.05) is 9.58 Å². The fourth-order valence-corrected chi connectivity index (χ4v) is 3.88. The summed E-state index contributed by atoms with van der Waals surface area (Å²) >= 11 is 1.79. The summed E-state index contributed by atoms with van der Waals surface area (Å²) in [5, 5.41) is 1.27. The maximum absolute atomic E-state index is 11.8. The summed E-state index contributed by atoms with van der Waals surface area (Å²) in [5.41, 5.74) is -0.135. The molecule has 0 bridgehead atoms. The van der Waals surface area contributed by atoms with E-state index in [-0.39, 0.29) is 5.41 Å². The van der Waals surface area contributed by atoms with Crippen LogP contribution in [-0.2, 0) is 10.2 Å². The Balaban J connectivity index is 2.15. The Morgan fingerprint density at radius 3 is 2.62 bits per heavy atom. The van der Waals surface area contributed by atoms with E-state index in [1.807, 2.05) is 0 Å². The Labute approximate surface area is 99.1 Å². The minimum absolute atomic E-state index is 0.135. The van der Waals surface area contributed by atoms with Gasteiger partial charge in [-0.1, -0.05) is 24.6 Å². The molecule has 1 saturated carbocycles. The number of benzene rings is 1. The molecule has 1 heterocycles. The van der Waals surface area contributed by atoms with Crippen LogP contribution in [0.15, 0.2) is 30.3 Å². The van der Waals surface area contributed by atoms with Gasteiger partial charge in [0.05, 0.1) is 5.41 Å². The zero-order valence-electron chi connectivity index (χ0n) is 9.32. The van der Waals surface area contributed by atoms with Crippen molar-refractivity contribution >= 4 is 27.2 Å². The minimum Gasteiger partial charge on any atom is -0.299 e. The molecule has 1 aliphatic rings.